The molecular formula is C19H15ClN4O3. The molecule has 7 nitrogen and oxygen atoms in total. The average Bonchev–Trinajstić information content (AvgIpc) is 2.62. The number of carbonyl (C=O) groups is 1. The summed E-state index contributed by atoms with van der Waals surface area (Å²) in [5, 5.41) is 18.0. The number of azo groups is 1. The van der Waals surface area contributed by atoms with E-state index in [1.807, 2.05) is 30.3 Å². The number of aliphatic hydroxyl groups excluding tert-OH is 1. The first kappa shape index (κ1) is 18.3. The molecule has 0 atom stereocenters. The molecule has 1 amide bonds. The SMILES string of the molecule is CC(O)=C(N=Nc1cc2[nH]c(=O)cc(-c3ccccc3)c2cc1Cl)C(N)=O. The molecule has 27 heavy (non-hydrogen) atoms. The molecule has 0 spiro atoms. The number of amides is 1. The smallest absolute Gasteiger partial charge is 0.272 e. The van der Waals surface area contributed by atoms with Crippen LogP contribution in [-0.2, 0) is 4.79 Å². The van der Waals surface area contributed by atoms with E-state index < -0.39 is 5.91 Å². The number of hydrogen-bond donors (Lipinski definition) is 3. The maximum Gasteiger partial charge on any atom is 0.272 e. The van der Waals surface area contributed by atoms with Crippen molar-refractivity contribution in [1.82, 2.24) is 4.98 Å². The number of rotatable bonds is 4. The van der Waals surface area contributed by atoms with E-state index in [-0.39, 0.29) is 27.7 Å². The number of fused-ring (bicyclic) bond motifs is 1. The molecular weight excluding hydrogens is 368 g/mol. The summed E-state index contributed by atoms with van der Waals surface area (Å²) in [5.41, 5.74) is 6.80. The molecule has 0 saturated heterocycles. The molecule has 1 aromatic heterocycles. The minimum absolute atomic E-state index is 0.213. The summed E-state index contributed by atoms with van der Waals surface area (Å²) in [6, 6.07) is 14.1. The van der Waals surface area contributed by atoms with Gasteiger partial charge in [-0.25, -0.2) is 0 Å². The van der Waals surface area contributed by atoms with Crippen molar-refractivity contribution in [3.63, 3.8) is 0 Å². The van der Waals surface area contributed by atoms with Gasteiger partial charge in [-0.2, -0.15) is 0 Å². The molecule has 136 valence electrons. The third kappa shape index (κ3) is 3.88. The van der Waals surface area contributed by atoms with Crippen molar-refractivity contribution in [2.24, 2.45) is 16.0 Å². The van der Waals surface area contributed by atoms with E-state index >= 15 is 0 Å². The number of benzene rings is 2. The van der Waals surface area contributed by atoms with Crippen LogP contribution in [0.5, 0.6) is 0 Å². The fourth-order valence-electron chi connectivity index (χ4n) is 2.60. The second-order valence-electron chi connectivity index (χ2n) is 5.76. The third-order valence-electron chi connectivity index (χ3n) is 3.83. The van der Waals surface area contributed by atoms with Crippen molar-refractivity contribution in [2.45, 2.75) is 6.92 Å². The number of aromatic amines is 1. The second kappa shape index (κ2) is 7.43. The van der Waals surface area contributed by atoms with Gasteiger partial charge in [-0.05, 0) is 30.2 Å². The second-order valence-corrected chi connectivity index (χ2v) is 6.17. The lowest BCUT2D eigenvalue weighted by Gasteiger charge is -2.08. The van der Waals surface area contributed by atoms with Crippen molar-refractivity contribution in [3.05, 3.63) is 75.4 Å². The molecule has 0 fully saturated rings. The van der Waals surface area contributed by atoms with E-state index in [1.54, 1.807) is 12.1 Å². The summed E-state index contributed by atoms with van der Waals surface area (Å²) >= 11 is 6.30. The van der Waals surface area contributed by atoms with Crippen molar-refractivity contribution in [1.29, 1.82) is 0 Å². The summed E-state index contributed by atoms with van der Waals surface area (Å²) in [5.74, 6) is -1.28. The standard InChI is InChI=1S/C19H15ClN4O3/c1-10(25)18(19(21)27)24-23-16-9-15-13(7-14(16)20)12(8-17(26)22-15)11-5-3-2-4-6-11/h2-9,25H,1H3,(H2,21,27)(H,22,26). The number of pyridine rings is 1. The zero-order chi connectivity index (χ0) is 19.6. The molecule has 0 aliphatic heterocycles. The highest BCUT2D eigenvalue weighted by molar-refractivity contribution is 6.34. The fourth-order valence-corrected chi connectivity index (χ4v) is 2.80. The molecule has 1 heterocycles. The molecule has 0 unspecified atom stereocenters. The number of nitrogens with two attached hydrogens (primary N) is 1. The van der Waals surface area contributed by atoms with Crippen LogP contribution in [0.4, 0.5) is 5.69 Å². The molecule has 4 N–H and O–H groups in total. The zero-order valence-corrected chi connectivity index (χ0v) is 15.0. The van der Waals surface area contributed by atoms with E-state index in [0.29, 0.717) is 5.52 Å². The van der Waals surface area contributed by atoms with Gasteiger partial charge in [0.2, 0.25) is 5.56 Å². The van der Waals surface area contributed by atoms with E-state index in [4.69, 9.17) is 17.3 Å². The highest BCUT2D eigenvalue weighted by Gasteiger charge is 2.12. The molecule has 8 heteroatoms. The van der Waals surface area contributed by atoms with Crippen molar-refractivity contribution in [2.75, 3.05) is 0 Å². The number of hydrogen-bond acceptors (Lipinski definition) is 5. The summed E-state index contributed by atoms with van der Waals surface area (Å²) in [6.45, 7) is 1.27. The van der Waals surface area contributed by atoms with Crippen LogP contribution < -0.4 is 11.3 Å². The molecule has 3 rings (SSSR count). The van der Waals surface area contributed by atoms with E-state index in [1.165, 1.54) is 13.0 Å². The number of allylic oxidation sites excluding steroid dienone is 1. The van der Waals surface area contributed by atoms with Gasteiger partial charge in [-0.1, -0.05) is 41.9 Å². The van der Waals surface area contributed by atoms with Gasteiger partial charge in [-0.15, -0.1) is 10.2 Å². The Bertz CT molecular complexity index is 1150. The van der Waals surface area contributed by atoms with Crippen LogP contribution in [0.3, 0.4) is 0 Å². The quantitative estimate of drug-likeness (QED) is 0.356. The van der Waals surface area contributed by atoms with Crippen LogP contribution in [0.15, 0.2) is 75.0 Å². The zero-order valence-electron chi connectivity index (χ0n) is 14.2. The average molecular weight is 383 g/mol. The highest BCUT2D eigenvalue weighted by atomic mass is 35.5. The summed E-state index contributed by atoms with van der Waals surface area (Å²) in [4.78, 5) is 26.1. The fraction of sp³-hybridized carbons (Fsp3) is 0.0526. The molecule has 0 bridgehead atoms. The Morgan fingerprint density at radius 1 is 1.19 bits per heavy atom. The van der Waals surface area contributed by atoms with Gasteiger partial charge < -0.3 is 15.8 Å². The van der Waals surface area contributed by atoms with Crippen LogP contribution in [0.1, 0.15) is 6.92 Å². The van der Waals surface area contributed by atoms with Crippen LogP contribution >= 0.6 is 11.6 Å². The first-order chi connectivity index (χ1) is 12.9. The molecule has 0 saturated carbocycles. The number of halogens is 1. The van der Waals surface area contributed by atoms with Crippen LogP contribution in [-0.4, -0.2) is 16.0 Å². The predicted molar refractivity (Wildman–Crippen MR) is 104 cm³/mol. The van der Waals surface area contributed by atoms with Gasteiger partial charge >= 0.3 is 0 Å². The number of nitrogens with one attached hydrogen (secondary N) is 1. The first-order valence-electron chi connectivity index (χ1n) is 7.90. The molecule has 3 aromatic rings. The minimum Gasteiger partial charge on any atom is -0.510 e. The molecule has 0 aliphatic carbocycles. The van der Waals surface area contributed by atoms with Crippen molar-refractivity contribution < 1.29 is 9.90 Å². The van der Waals surface area contributed by atoms with E-state index in [0.717, 1.165) is 16.5 Å². The van der Waals surface area contributed by atoms with Gasteiger partial charge in [0.1, 0.15) is 11.4 Å². The molecule has 0 radical (unpaired) electrons. The van der Waals surface area contributed by atoms with Crippen LogP contribution in [0.25, 0.3) is 22.0 Å². The first-order valence-corrected chi connectivity index (χ1v) is 8.28. The van der Waals surface area contributed by atoms with Crippen molar-refractivity contribution in [3.8, 4) is 11.1 Å². The summed E-state index contributed by atoms with van der Waals surface area (Å²) < 4.78 is 0. The number of nitrogens with zero attached hydrogens (tertiary/aromatic N) is 2. The Morgan fingerprint density at radius 2 is 1.89 bits per heavy atom. The maximum absolute atomic E-state index is 12.1. The van der Waals surface area contributed by atoms with Gasteiger partial charge in [0.25, 0.3) is 5.91 Å². The maximum atomic E-state index is 12.1. The minimum atomic E-state index is -0.921. The topological polar surface area (TPSA) is 121 Å². The Morgan fingerprint density at radius 3 is 2.52 bits per heavy atom. The molecule has 2 aromatic carbocycles. The lowest BCUT2D eigenvalue weighted by molar-refractivity contribution is -0.114. The monoisotopic (exact) mass is 382 g/mol. The summed E-state index contributed by atoms with van der Waals surface area (Å²) in [7, 11) is 0. The number of aliphatic hydroxyl groups is 1. The van der Waals surface area contributed by atoms with Crippen molar-refractivity contribution >= 4 is 34.1 Å². The van der Waals surface area contributed by atoms with Gasteiger partial charge in [0.15, 0.2) is 5.70 Å². The van der Waals surface area contributed by atoms with Gasteiger partial charge in [-0.3, -0.25) is 9.59 Å². The Hall–Kier alpha value is -3.45. The van der Waals surface area contributed by atoms with Crippen LogP contribution in [0.2, 0.25) is 5.02 Å². The Balaban J connectivity index is 2.17. The lowest BCUT2D eigenvalue weighted by Crippen LogP contribution is -2.13. The number of aromatic nitrogens is 1. The van der Waals surface area contributed by atoms with Gasteiger partial charge in [0, 0.05) is 11.5 Å². The molecule has 0 aliphatic rings. The Kier molecular flexibility index (Phi) is 5.05. The highest BCUT2D eigenvalue weighted by Crippen LogP contribution is 2.34. The number of primary amides is 1. The number of H-pyrrole nitrogens is 1. The normalized spacial score (nSPS) is 12.4. The summed E-state index contributed by atoms with van der Waals surface area (Å²) in [6.07, 6.45) is 0. The predicted octanol–water partition coefficient (Wildman–Crippen LogP) is 4.21. The third-order valence-corrected chi connectivity index (χ3v) is 4.13. The van der Waals surface area contributed by atoms with E-state index in [9.17, 15) is 14.7 Å². The van der Waals surface area contributed by atoms with E-state index in [2.05, 4.69) is 15.2 Å². The van der Waals surface area contributed by atoms with Gasteiger partial charge in [0.05, 0.1) is 10.5 Å². The largest absolute Gasteiger partial charge is 0.510 e. The number of carbonyl (C=O) groups excluding carboxylic acids is 1. The lowest BCUT2D eigenvalue weighted by atomic mass is 10.0. The Labute approximate surface area is 158 Å². The van der Waals surface area contributed by atoms with Crippen LogP contribution in [0, 0.1) is 0 Å².